The Balaban J connectivity index is 2.59. The predicted molar refractivity (Wildman–Crippen MR) is 123 cm³/mol. The van der Waals surface area contributed by atoms with Gasteiger partial charge < -0.3 is 9.84 Å². The van der Waals surface area contributed by atoms with Crippen molar-refractivity contribution in [2.24, 2.45) is 0 Å². The second-order valence-electron chi connectivity index (χ2n) is 10.4. The average Bonchev–Trinajstić information content (AvgIpc) is 2.59. The van der Waals surface area contributed by atoms with Crippen molar-refractivity contribution in [3.05, 3.63) is 28.8 Å². The van der Waals surface area contributed by atoms with Crippen molar-refractivity contribution in [2.45, 2.75) is 117 Å². The molecule has 0 atom stereocenters. The fourth-order valence-corrected chi connectivity index (χ4v) is 3.58. The highest BCUT2D eigenvalue weighted by Crippen LogP contribution is 2.39. The SMILES string of the molecule is CCCCCCCCCCOC(=O)Cc1cc(C(C)(C)C)c(O)c(C(C)(C)C)c1. The van der Waals surface area contributed by atoms with E-state index in [0.29, 0.717) is 12.4 Å². The van der Waals surface area contributed by atoms with E-state index >= 15 is 0 Å². The van der Waals surface area contributed by atoms with E-state index in [1.165, 1.54) is 38.5 Å². The number of aromatic hydroxyl groups is 1. The second-order valence-corrected chi connectivity index (χ2v) is 10.4. The maximum Gasteiger partial charge on any atom is 0.310 e. The molecule has 1 aromatic rings. The number of phenolic OH excluding ortho intramolecular Hbond substituents is 1. The molecule has 3 heteroatoms. The minimum absolute atomic E-state index is 0.182. The average molecular weight is 405 g/mol. The number of ether oxygens (including phenoxy) is 1. The van der Waals surface area contributed by atoms with Gasteiger partial charge in [-0.2, -0.15) is 0 Å². The van der Waals surface area contributed by atoms with Crippen molar-refractivity contribution >= 4 is 5.97 Å². The molecule has 0 amide bonds. The van der Waals surface area contributed by atoms with Crippen LogP contribution in [0.1, 0.15) is 117 Å². The van der Waals surface area contributed by atoms with E-state index in [2.05, 4.69) is 48.5 Å². The Hall–Kier alpha value is -1.51. The lowest BCUT2D eigenvalue weighted by molar-refractivity contribution is -0.142. The van der Waals surface area contributed by atoms with Gasteiger partial charge in [0.15, 0.2) is 0 Å². The second kappa shape index (κ2) is 11.6. The van der Waals surface area contributed by atoms with E-state index in [9.17, 15) is 9.90 Å². The maximum atomic E-state index is 12.3. The predicted octanol–water partition coefficient (Wildman–Crippen LogP) is 7.21. The molecule has 0 aromatic heterocycles. The summed E-state index contributed by atoms with van der Waals surface area (Å²) in [4.78, 5) is 12.3. The Kier molecular flexibility index (Phi) is 10.2. The Morgan fingerprint density at radius 3 is 1.72 bits per heavy atom. The van der Waals surface area contributed by atoms with Crippen LogP contribution in [0, 0.1) is 0 Å². The lowest BCUT2D eigenvalue weighted by Crippen LogP contribution is -2.19. The van der Waals surface area contributed by atoms with Gasteiger partial charge in [-0.1, -0.05) is 106 Å². The fourth-order valence-electron chi connectivity index (χ4n) is 3.58. The van der Waals surface area contributed by atoms with Crippen LogP contribution in [0.15, 0.2) is 12.1 Å². The molecule has 1 rings (SSSR count). The van der Waals surface area contributed by atoms with Crippen LogP contribution in [0.5, 0.6) is 5.75 Å². The number of benzene rings is 1. The molecule has 0 aliphatic heterocycles. The van der Waals surface area contributed by atoms with Crippen LogP contribution in [0.3, 0.4) is 0 Å². The zero-order chi connectivity index (χ0) is 22.1. The van der Waals surface area contributed by atoms with Gasteiger partial charge in [0.05, 0.1) is 13.0 Å². The number of rotatable bonds is 11. The van der Waals surface area contributed by atoms with Crippen molar-refractivity contribution in [1.29, 1.82) is 0 Å². The van der Waals surface area contributed by atoms with Crippen LogP contribution >= 0.6 is 0 Å². The quantitative estimate of drug-likeness (QED) is 0.313. The van der Waals surface area contributed by atoms with Gasteiger partial charge in [0.1, 0.15) is 5.75 Å². The highest BCUT2D eigenvalue weighted by Gasteiger charge is 2.27. The number of unbranched alkanes of at least 4 members (excludes halogenated alkanes) is 7. The van der Waals surface area contributed by atoms with Crippen molar-refractivity contribution < 1.29 is 14.6 Å². The highest BCUT2D eigenvalue weighted by atomic mass is 16.5. The third-order valence-corrected chi connectivity index (χ3v) is 5.40. The smallest absolute Gasteiger partial charge is 0.310 e. The van der Waals surface area contributed by atoms with Crippen LogP contribution in [-0.2, 0) is 26.8 Å². The van der Waals surface area contributed by atoms with Gasteiger partial charge in [-0.3, -0.25) is 4.79 Å². The molecule has 0 unspecified atom stereocenters. The van der Waals surface area contributed by atoms with E-state index in [1.54, 1.807) is 0 Å². The van der Waals surface area contributed by atoms with Gasteiger partial charge in [0.2, 0.25) is 0 Å². The molecular weight excluding hydrogens is 360 g/mol. The summed E-state index contributed by atoms with van der Waals surface area (Å²) in [7, 11) is 0. The van der Waals surface area contributed by atoms with Crippen LogP contribution in [0.2, 0.25) is 0 Å². The summed E-state index contributed by atoms with van der Waals surface area (Å²) < 4.78 is 5.47. The van der Waals surface area contributed by atoms with E-state index in [4.69, 9.17) is 4.74 Å². The molecule has 0 aliphatic carbocycles. The Labute approximate surface area is 179 Å². The number of hydrogen-bond acceptors (Lipinski definition) is 3. The maximum absolute atomic E-state index is 12.3. The van der Waals surface area contributed by atoms with Crippen molar-refractivity contribution in [2.75, 3.05) is 6.61 Å². The molecule has 0 radical (unpaired) electrons. The van der Waals surface area contributed by atoms with Gasteiger partial charge in [-0.15, -0.1) is 0 Å². The Bertz CT molecular complexity index is 597. The molecule has 0 saturated carbocycles. The van der Waals surface area contributed by atoms with Crippen LogP contribution < -0.4 is 0 Å². The van der Waals surface area contributed by atoms with E-state index < -0.39 is 0 Å². The molecule has 0 aliphatic rings. The minimum atomic E-state index is -0.193. The zero-order valence-corrected chi connectivity index (χ0v) is 20.0. The molecule has 3 nitrogen and oxygen atoms in total. The van der Waals surface area contributed by atoms with Gasteiger partial charge in [0.25, 0.3) is 0 Å². The van der Waals surface area contributed by atoms with E-state index in [1.807, 2.05) is 12.1 Å². The van der Waals surface area contributed by atoms with Crippen molar-refractivity contribution in [1.82, 2.24) is 0 Å². The zero-order valence-electron chi connectivity index (χ0n) is 20.0. The van der Waals surface area contributed by atoms with Crippen LogP contribution in [0.25, 0.3) is 0 Å². The first-order valence-corrected chi connectivity index (χ1v) is 11.5. The topological polar surface area (TPSA) is 46.5 Å². The van der Waals surface area contributed by atoms with Crippen LogP contribution in [0.4, 0.5) is 0 Å². The summed E-state index contributed by atoms with van der Waals surface area (Å²) in [6.45, 7) is 15.2. The largest absolute Gasteiger partial charge is 0.507 e. The van der Waals surface area contributed by atoms with Crippen molar-refractivity contribution in [3.8, 4) is 5.75 Å². The lowest BCUT2D eigenvalue weighted by atomic mass is 9.78. The standard InChI is InChI=1S/C26H44O3/c1-8-9-10-11-12-13-14-15-16-29-23(27)19-20-17-21(25(2,3)4)24(28)22(18-20)26(5,6)7/h17-18,28H,8-16,19H2,1-7H3. The van der Waals surface area contributed by atoms with Gasteiger partial charge in [-0.05, 0) is 33.9 Å². The summed E-state index contributed by atoms with van der Waals surface area (Å²) in [5.74, 6) is 0.166. The first-order chi connectivity index (χ1) is 13.5. The summed E-state index contributed by atoms with van der Waals surface area (Å²) in [5.41, 5.74) is 2.30. The molecule has 1 N–H and O–H groups in total. The summed E-state index contributed by atoms with van der Waals surface area (Å²) in [6.07, 6.45) is 10.1. The number of phenols is 1. The molecular formula is C26H44O3. The molecule has 29 heavy (non-hydrogen) atoms. The van der Waals surface area contributed by atoms with Gasteiger partial charge >= 0.3 is 5.97 Å². The van der Waals surface area contributed by atoms with Gasteiger partial charge in [0, 0.05) is 0 Å². The van der Waals surface area contributed by atoms with Crippen molar-refractivity contribution in [3.63, 3.8) is 0 Å². The third kappa shape index (κ3) is 9.23. The lowest BCUT2D eigenvalue weighted by Gasteiger charge is -2.28. The molecule has 0 fully saturated rings. The molecule has 0 heterocycles. The first kappa shape index (κ1) is 25.5. The fraction of sp³-hybridized carbons (Fsp3) is 0.731. The summed E-state index contributed by atoms with van der Waals surface area (Å²) in [6, 6.07) is 3.92. The molecule has 1 aromatic carbocycles. The third-order valence-electron chi connectivity index (χ3n) is 5.40. The monoisotopic (exact) mass is 404 g/mol. The number of carbonyl (C=O) groups excluding carboxylic acids is 1. The molecule has 0 bridgehead atoms. The normalized spacial score (nSPS) is 12.2. The summed E-state index contributed by atoms with van der Waals surface area (Å²) in [5, 5.41) is 10.8. The minimum Gasteiger partial charge on any atom is -0.507 e. The first-order valence-electron chi connectivity index (χ1n) is 11.5. The molecule has 166 valence electrons. The Morgan fingerprint density at radius 1 is 0.828 bits per heavy atom. The molecule has 0 saturated heterocycles. The van der Waals surface area contributed by atoms with E-state index in [-0.39, 0.29) is 23.2 Å². The number of esters is 1. The van der Waals surface area contributed by atoms with Gasteiger partial charge in [-0.25, -0.2) is 0 Å². The van der Waals surface area contributed by atoms with E-state index in [0.717, 1.165) is 29.5 Å². The number of hydrogen-bond donors (Lipinski definition) is 1. The van der Waals surface area contributed by atoms with Crippen LogP contribution in [-0.4, -0.2) is 17.7 Å². The molecule has 0 spiro atoms. The number of carbonyl (C=O) groups is 1. The highest BCUT2D eigenvalue weighted by molar-refractivity contribution is 5.73. The Morgan fingerprint density at radius 2 is 1.28 bits per heavy atom. The summed E-state index contributed by atoms with van der Waals surface area (Å²) >= 11 is 0.